The maximum Gasteiger partial charge on any atom is 0.150 e. The second kappa shape index (κ2) is 6.40. The van der Waals surface area contributed by atoms with Crippen LogP contribution >= 0.6 is 0 Å². The molecular weight excluding hydrogens is 204 g/mol. The van der Waals surface area contributed by atoms with Crippen molar-refractivity contribution in [1.82, 2.24) is 9.97 Å². The van der Waals surface area contributed by atoms with E-state index in [1.54, 1.807) is 13.3 Å². The minimum Gasteiger partial charge on any atom is -0.383 e. The van der Waals surface area contributed by atoms with Gasteiger partial charge >= 0.3 is 0 Å². The van der Waals surface area contributed by atoms with Crippen molar-refractivity contribution >= 4 is 5.82 Å². The Kier molecular flexibility index (Phi) is 5.14. The highest BCUT2D eigenvalue weighted by molar-refractivity contribution is 5.43. The van der Waals surface area contributed by atoms with Gasteiger partial charge in [-0.3, -0.25) is 4.98 Å². The van der Waals surface area contributed by atoms with E-state index in [9.17, 15) is 0 Å². The molecule has 0 spiro atoms. The van der Waals surface area contributed by atoms with Crippen LogP contribution in [-0.4, -0.2) is 43.3 Å². The number of methoxy groups -OCH3 is 1. The molecule has 0 aliphatic carbocycles. The lowest BCUT2D eigenvalue weighted by Crippen LogP contribution is -2.33. The molecule has 0 amide bonds. The zero-order chi connectivity index (χ0) is 12.0. The van der Waals surface area contributed by atoms with Crippen molar-refractivity contribution in [2.24, 2.45) is 5.73 Å². The van der Waals surface area contributed by atoms with Gasteiger partial charge in [-0.25, -0.2) is 4.98 Å². The molecule has 1 aromatic rings. The molecule has 1 rings (SSSR count). The van der Waals surface area contributed by atoms with Crippen molar-refractivity contribution in [2.75, 3.05) is 38.3 Å². The molecule has 5 nitrogen and oxygen atoms in total. The molecule has 0 aromatic carbocycles. The summed E-state index contributed by atoms with van der Waals surface area (Å²) >= 11 is 0. The number of aryl methyl sites for hydroxylation is 2. The Labute approximate surface area is 96.6 Å². The first-order chi connectivity index (χ1) is 7.69. The van der Waals surface area contributed by atoms with Crippen LogP contribution in [0.25, 0.3) is 0 Å². The second-order valence-electron chi connectivity index (χ2n) is 3.69. The smallest absolute Gasteiger partial charge is 0.150 e. The van der Waals surface area contributed by atoms with Crippen LogP contribution in [-0.2, 0) is 4.74 Å². The first-order valence-electron chi connectivity index (χ1n) is 5.43. The van der Waals surface area contributed by atoms with Gasteiger partial charge in [-0.15, -0.1) is 0 Å². The van der Waals surface area contributed by atoms with Gasteiger partial charge in [0.2, 0.25) is 0 Å². The van der Waals surface area contributed by atoms with E-state index < -0.39 is 0 Å². The zero-order valence-corrected chi connectivity index (χ0v) is 10.2. The Bertz CT molecular complexity index is 330. The average Bonchev–Trinajstić information content (AvgIpc) is 2.28. The molecule has 2 N–H and O–H groups in total. The zero-order valence-electron chi connectivity index (χ0n) is 10.2. The highest BCUT2D eigenvalue weighted by atomic mass is 16.5. The quantitative estimate of drug-likeness (QED) is 0.762. The third-order valence-corrected chi connectivity index (χ3v) is 2.31. The number of hydrogen-bond acceptors (Lipinski definition) is 5. The van der Waals surface area contributed by atoms with E-state index >= 15 is 0 Å². The van der Waals surface area contributed by atoms with Crippen molar-refractivity contribution < 1.29 is 4.74 Å². The summed E-state index contributed by atoms with van der Waals surface area (Å²) in [7, 11) is 1.69. The van der Waals surface area contributed by atoms with Crippen LogP contribution in [0, 0.1) is 13.8 Å². The number of nitrogens with two attached hydrogens (primary N) is 1. The van der Waals surface area contributed by atoms with Crippen molar-refractivity contribution in [3.05, 3.63) is 17.6 Å². The largest absolute Gasteiger partial charge is 0.383 e. The Morgan fingerprint density at radius 2 is 2.12 bits per heavy atom. The maximum atomic E-state index is 5.60. The summed E-state index contributed by atoms with van der Waals surface area (Å²) in [5.74, 6) is 0.905. The maximum absolute atomic E-state index is 5.60. The summed E-state index contributed by atoms with van der Waals surface area (Å²) in [6, 6.07) is 0. The van der Waals surface area contributed by atoms with Gasteiger partial charge < -0.3 is 15.4 Å². The predicted molar refractivity (Wildman–Crippen MR) is 64.6 cm³/mol. The molecule has 0 atom stereocenters. The Balaban J connectivity index is 2.85. The van der Waals surface area contributed by atoms with E-state index in [4.69, 9.17) is 10.5 Å². The summed E-state index contributed by atoms with van der Waals surface area (Å²) < 4.78 is 5.08. The Hall–Kier alpha value is -1.20. The standard InChI is InChI=1S/C11H20N4O/c1-9-8-13-10(2)11(14-9)15(5-4-12)6-7-16-3/h8H,4-7,12H2,1-3H3. The Morgan fingerprint density at radius 1 is 1.38 bits per heavy atom. The van der Waals surface area contributed by atoms with E-state index in [0.29, 0.717) is 13.2 Å². The minimum absolute atomic E-state index is 0.596. The molecule has 0 saturated carbocycles. The van der Waals surface area contributed by atoms with Gasteiger partial charge in [0.1, 0.15) is 5.82 Å². The van der Waals surface area contributed by atoms with Gasteiger partial charge in [-0.1, -0.05) is 0 Å². The van der Waals surface area contributed by atoms with Crippen molar-refractivity contribution in [1.29, 1.82) is 0 Å². The molecular formula is C11H20N4O. The number of rotatable bonds is 6. The number of anilines is 1. The third kappa shape index (κ3) is 3.43. The van der Waals surface area contributed by atoms with Crippen LogP contribution < -0.4 is 10.6 Å². The lowest BCUT2D eigenvalue weighted by molar-refractivity contribution is 0.205. The molecule has 1 heterocycles. The van der Waals surface area contributed by atoms with Gasteiger partial charge in [0.15, 0.2) is 0 Å². The van der Waals surface area contributed by atoms with Gasteiger partial charge in [-0.05, 0) is 13.8 Å². The topological polar surface area (TPSA) is 64.3 Å². The molecule has 0 aliphatic rings. The molecule has 0 bridgehead atoms. The molecule has 90 valence electrons. The molecule has 1 aromatic heterocycles. The fourth-order valence-electron chi connectivity index (χ4n) is 1.51. The van der Waals surface area contributed by atoms with Gasteiger partial charge in [0, 0.05) is 32.9 Å². The van der Waals surface area contributed by atoms with Crippen LogP contribution in [0.2, 0.25) is 0 Å². The van der Waals surface area contributed by atoms with Gasteiger partial charge in [0.25, 0.3) is 0 Å². The highest BCUT2D eigenvalue weighted by Gasteiger charge is 2.10. The normalized spacial score (nSPS) is 10.5. The van der Waals surface area contributed by atoms with Crippen molar-refractivity contribution in [2.45, 2.75) is 13.8 Å². The molecule has 0 fully saturated rings. The summed E-state index contributed by atoms with van der Waals surface area (Å²) in [6.45, 7) is 6.70. The van der Waals surface area contributed by atoms with E-state index in [2.05, 4.69) is 14.9 Å². The summed E-state index contributed by atoms with van der Waals surface area (Å²) in [6.07, 6.45) is 1.77. The first kappa shape index (κ1) is 12.9. The molecule has 0 radical (unpaired) electrons. The fourth-order valence-corrected chi connectivity index (χ4v) is 1.51. The fraction of sp³-hybridized carbons (Fsp3) is 0.636. The highest BCUT2D eigenvalue weighted by Crippen LogP contribution is 2.14. The summed E-state index contributed by atoms with van der Waals surface area (Å²) in [5, 5.41) is 0. The Morgan fingerprint density at radius 3 is 2.75 bits per heavy atom. The lowest BCUT2D eigenvalue weighted by Gasteiger charge is -2.24. The number of nitrogens with zero attached hydrogens (tertiary/aromatic N) is 3. The van der Waals surface area contributed by atoms with Gasteiger partial charge in [-0.2, -0.15) is 0 Å². The number of ether oxygens (including phenoxy) is 1. The third-order valence-electron chi connectivity index (χ3n) is 2.31. The average molecular weight is 224 g/mol. The van der Waals surface area contributed by atoms with Crippen molar-refractivity contribution in [3.8, 4) is 0 Å². The van der Waals surface area contributed by atoms with Crippen LogP contribution in [0.1, 0.15) is 11.4 Å². The van der Waals surface area contributed by atoms with Gasteiger partial charge in [0.05, 0.1) is 18.0 Å². The molecule has 16 heavy (non-hydrogen) atoms. The number of aromatic nitrogens is 2. The van der Waals surface area contributed by atoms with Crippen LogP contribution in [0.3, 0.4) is 0 Å². The van der Waals surface area contributed by atoms with E-state index in [0.717, 1.165) is 30.3 Å². The monoisotopic (exact) mass is 224 g/mol. The van der Waals surface area contributed by atoms with E-state index in [1.165, 1.54) is 0 Å². The number of hydrogen-bond donors (Lipinski definition) is 1. The second-order valence-corrected chi connectivity index (χ2v) is 3.69. The van der Waals surface area contributed by atoms with Crippen LogP contribution in [0.4, 0.5) is 5.82 Å². The molecule has 0 unspecified atom stereocenters. The molecule has 5 heteroatoms. The van der Waals surface area contributed by atoms with Crippen LogP contribution in [0.15, 0.2) is 6.20 Å². The van der Waals surface area contributed by atoms with E-state index in [-0.39, 0.29) is 0 Å². The molecule has 0 saturated heterocycles. The summed E-state index contributed by atoms with van der Waals surface area (Å²) in [5.41, 5.74) is 7.44. The lowest BCUT2D eigenvalue weighted by atomic mass is 10.3. The van der Waals surface area contributed by atoms with Crippen LogP contribution in [0.5, 0.6) is 0 Å². The van der Waals surface area contributed by atoms with E-state index in [1.807, 2.05) is 13.8 Å². The first-order valence-corrected chi connectivity index (χ1v) is 5.43. The summed E-state index contributed by atoms with van der Waals surface area (Å²) in [4.78, 5) is 10.9. The van der Waals surface area contributed by atoms with Crippen molar-refractivity contribution in [3.63, 3.8) is 0 Å². The minimum atomic E-state index is 0.596. The SMILES string of the molecule is COCCN(CCN)c1nc(C)cnc1C. The molecule has 0 aliphatic heterocycles. The predicted octanol–water partition coefficient (Wildman–Crippen LogP) is 0.505.